The van der Waals surface area contributed by atoms with Gasteiger partial charge in [-0.3, -0.25) is 0 Å². The lowest BCUT2D eigenvalue weighted by Gasteiger charge is -2.20. The van der Waals surface area contributed by atoms with Crippen molar-refractivity contribution in [2.45, 2.75) is 27.8 Å². The van der Waals surface area contributed by atoms with Crippen molar-refractivity contribution in [2.24, 2.45) is 0 Å². The van der Waals surface area contributed by atoms with Crippen LogP contribution in [0.3, 0.4) is 0 Å². The molecular formula is C11H16S5. The lowest BCUT2D eigenvalue weighted by molar-refractivity contribution is 1.06. The van der Waals surface area contributed by atoms with Crippen LogP contribution in [0.2, 0.25) is 0 Å². The van der Waals surface area contributed by atoms with Gasteiger partial charge in [0, 0.05) is 21.6 Å². The molecule has 0 aliphatic carbocycles. The van der Waals surface area contributed by atoms with E-state index < -0.39 is 0 Å². The normalized spacial score (nSPS) is 31.8. The quantitative estimate of drug-likeness (QED) is 0.796. The molecule has 0 bridgehead atoms. The molecule has 0 radical (unpaired) electrons. The largest absolute Gasteiger partial charge is 0.175 e. The number of hydrogen-bond acceptors (Lipinski definition) is 5. The minimum absolute atomic E-state index is 0.283. The average molecular weight is 309 g/mol. The summed E-state index contributed by atoms with van der Waals surface area (Å²) in [6, 6.07) is 4.42. The van der Waals surface area contributed by atoms with E-state index in [2.05, 4.69) is 79.3 Å². The van der Waals surface area contributed by atoms with Crippen molar-refractivity contribution in [2.75, 3.05) is 11.5 Å². The van der Waals surface area contributed by atoms with E-state index in [1.807, 2.05) is 11.3 Å². The lowest BCUT2D eigenvalue weighted by Crippen LogP contribution is -2.07. The summed E-state index contributed by atoms with van der Waals surface area (Å²) in [7, 11) is 0. The third-order valence-electron chi connectivity index (χ3n) is 2.34. The molecule has 1 aliphatic rings. The second kappa shape index (κ2) is 5.83. The van der Waals surface area contributed by atoms with Crippen molar-refractivity contribution in [3.8, 4) is 0 Å². The molecule has 0 spiro atoms. The highest BCUT2D eigenvalue weighted by molar-refractivity contribution is 8.28. The maximum atomic E-state index is 4.44. The van der Waals surface area contributed by atoms with Crippen LogP contribution in [0, 0.1) is 0 Å². The average Bonchev–Trinajstić information content (AvgIpc) is 2.84. The number of rotatable bonds is 4. The van der Waals surface area contributed by atoms with E-state index in [0.29, 0.717) is 5.25 Å². The Morgan fingerprint density at radius 2 is 2.50 bits per heavy atom. The molecule has 0 nitrogen and oxygen atoms in total. The zero-order valence-electron chi connectivity index (χ0n) is 9.38. The van der Waals surface area contributed by atoms with E-state index in [0.717, 1.165) is 10.3 Å². The first-order valence-corrected chi connectivity index (χ1v) is 9.56. The smallest absolute Gasteiger partial charge is 0.0935 e. The van der Waals surface area contributed by atoms with Crippen LogP contribution in [0.1, 0.15) is 18.7 Å². The third kappa shape index (κ3) is 3.31. The van der Waals surface area contributed by atoms with E-state index in [9.17, 15) is 0 Å². The summed E-state index contributed by atoms with van der Waals surface area (Å²) >= 11 is 12.6. The van der Waals surface area contributed by atoms with Crippen LogP contribution in [-0.4, -0.2) is 21.3 Å². The second-order valence-electron chi connectivity index (χ2n) is 3.96. The van der Waals surface area contributed by atoms with Gasteiger partial charge < -0.3 is 0 Å². The summed E-state index contributed by atoms with van der Waals surface area (Å²) in [5.41, 5.74) is 0. The minimum atomic E-state index is 0.283. The molecule has 1 aliphatic heterocycles. The van der Waals surface area contributed by atoms with E-state index in [1.54, 1.807) is 0 Å². The molecule has 1 aromatic rings. The molecule has 16 heavy (non-hydrogen) atoms. The van der Waals surface area contributed by atoms with Crippen molar-refractivity contribution < 1.29 is 0 Å². The molecule has 90 valence electrons. The summed E-state index contributed by atoms with van der Waals surface area (Å²) in [5, 5.41) is 2.68. The van der Waals surface area contributed by atoms with Crippen LogP contribution in [0.25, 0.3) is 0 Å². The predicted octanol–water partition coefficient (Wildman–Crippen LogP) is 4.78. The first-order valence-electron chi connectivity index (χ1n) is 5.25. The Bertz CT molecular complexity index is 321. The first-order chi connectivity index (χ1) is 7.60. The Hall–Kier alpha value is 1.10. The summed E-state index contributed by atoms with van der Waals surface area (Å²) in [4.78, 5) is 1.50. The maximum absolute atomic E-state index is 4.44. The number of thiophene rings is 1. The molecule has 0 aromatic carbocycles. The summed E-state index contributed by atoms with van der Waals surface area (Å²) in [6.07, 6.45) is 0. The highest BCUT2D eigenvalue weighted by Crippen LogP contribution is 2.58. The second-order valence-corrected chi connectivity index (χ2v) is 10.6. The van der Waals surface area contributed by atoms with Gasteiger partial charge in [0.15, 0.2) is 0 Å². The standard InChI is InChI=1S/C11H16S5/c1-8(12)6-14-10-7-15-11(2,16-10)9-4-3-5-13-9/h3-5,8,10,12H,6-7H2,1-2H3. The Labute approximate surface area is 120 Å². The Morgan fingerprint density at radius 1 is 1.69 bits per heavy atom. The van der Waals surface area contributed by atoms with Crippen LogP contribution < -0.4 is 0 Å². The summed E-state index contributed by atoms with van der Waals surface area (Å²) in [6.45, 7) is 4.53. The Morgan fingerprint density at radius 3 is 3.12 bits per heavy atom. The highest BCUT2D eigenvalue weighted by Gasteiger charge is 2.39. The van der Waals surface area contributed by atoms with Gasteiger partial charge in [-0.15, -0.1) is 46.6 Å². The maximum Gasteiger partial charge on any atom is 0.0935 e. The minimum Gasteiger partial charge on any atom is -0.175 e. The van der Waals surface area contributed by atoms with Crippen molar-refractivity contribution in [3.05, 3.63) is 22.4 Å². The van der Waals surface area contributed by atoms with E-state index in [1.165, 1.54) is 10.6 Å². The SMILES string of the molecule is CC(S)CSC1CSC(C)(c2cccs2)S1. The van der Waals surface area contributed by atoms with Crippen LogP contribution in [0.5, 0.6) is 0 Å². The Balaban J connectivity index is 1.92. The van der Waals surface area contributed by atoms with Gasteiger partial charge in [-0.2, -0.15) is 12.6 Å². The van der Waals surface area contributed by atoms with Crippen molar-refractivity contribution in [1.82, 2.24) is 0 Å². The lowest BCUT2D eigenvalue weighted by atomic mass is 10.4. The van der Waals surface area contributed by atoms with Gasteiger partial charge in [0.1, 0.15) is 0 Å². The molecule has 3 unspecified atom stereocenters. The fourth-order valence-corrected chi connectivity index (χ4v) is 8.09. The fourth-order valence-electron chi connectivity index (χ4n) is 1.54. The number of thiol groups is 1. The molecular weight excluding hydrogens is 292 g/mol. The van der Waals surface area contributed by atoms with Crippen molar-refractivity contribution in [1.29, 1.82) is 0 Å². The zero-order chi connectivity index (χ0) is 11.6. The number of thioether (sulfide) groups is 3. The highest BCUT2D eigenvalue weighted by atomic mass is 32.2. The van der Waals surface area contributed by atoms with Gasteiger partial charge in [-0.25, -0.2) is 0 Å². The van der Waals surface area contributed by atoms with E-state index in [4.69, 9.17) is 0 Å². The van der Waals surface area contributed by atoms with Gasteiger partial charge in [0.05, 0.1) is 8.66 Å². The van der Waals surface area contributed by atoms with Gasteiger partial charge in [-0.1, -0.05) is 13.0 Å². The van der Waals surface area contributed by atoms with Crippen LogP contribution >= 0.6 is 59.3 Å². The molecule has 5 heteroatoms. The van der Waals surface area contributed by atoms with Crippen molar-refractivity contribution >= 4 is 59.3 Å². The Kier molecular flexibility index (Phi) is 4.93. The topological polar surface area (TPSA) is 0 Å². The summed E-state index contributed by atoms with van der Waals surface area (Å²) < 4.78 is 1.01. The molecule has 3 atom stereocenters. The van der Waals surface area contributed by atoms with Crippen LogP contribution in [-0.2, 0) is 4.08 Å². The van der Waals surface area contributed by atoms with Crippen LogP contribution in [0.15, 0.2) is 17.5 Å². The third-order valence-corrected chi connectivity index (χ3v) is 9.48. The van der Waals surface area contributed by atoms with E-state index >= 15 is 0 Å². The monoisotopic (exact) mass is 308 g/mol. The zero-order valence-corrected chi connectivity index (χ0v) is 13.5. The fraction of sp³-hybridized carbons (Fsp3) is 0.636. The molecule has 2 heterocycles. The molecule has 0 N–H and O–H groups in total. The van der Waals surface area contributed by atoms with Crippen molar-refractivity contribution in [3.63, 3.8) is 0 Å². The molecule has 0 amide bonds. The van der Waals surface area contributed by atoms with Gasteiger partial charge >= 0.3 is 0 Å². The molecule has 0 saturated carbocycles. The van der Waals surface area contributed by atoms with E-state index in [-0.39, 0.29) is 4.08 Å². The molecule has 2 rings (SSSR count). The number of hydrogen-bond donors (Lipinski definition) is 1. The van der Waals surface area contributed by atoms with Gasteiger partial charge in [-0.05, 0) is 18.4 Å². The molecule has 1 saturated heterocycles. The molecule has 1 fully saturated rings. The first kappa shape index (κ1) is 13.5. The summed E-state index contributed by atoms with van der Waals surface area (Å²) in [5.74, 6) is 2.41. The molecule has 1 aromatic heterocycles. The predicted molar refractivity (Wildman–Crippen MR) is 86.4 cm³/mol. The van der Waals surface area contributed by atoms with Crippen LogP contribution in [0.4, 0.5) is 0 Å². The van der Waals surface area contributed by atoms with Gasteiger partial charge in [0.2, 0.25) is 0 Å². The van der Waals surface area contributed by atoms with Gasteiger partial charge in [0.25, 0.3) is 0 Å².